The fourth-order valence-corrected chi connectivity index (χ4v) is 3.17. The van der Waals surface area contributed by atoms with Gasteiger partial charge in [0.05, 0.1) is 4.90 Å². The molecule has 24 heavy (non-hydrogen) atoms. The molecule has 0 spiro atoms. The number of hydrogen-bond donors (Lipinski definition) is 1. The molecule has 0 bridgehead atoms. The van der Waals surface area contributed by atoms with Crippen LogP contribution >= 0.6 is 0 Å². The van der Waals surface area contributed by atoms with E-state index in [2.05, 4.69) is 18.7 Å². The van der Waals surface area contributed by atoms with Gasteiger partial charge in [-0.25, -0.2) is 10.1 Å². The Balaban J connectivity index is 2.63. The van der Waals surface area contributed by atoms with Crippen molar-refractivity contribution in [3.8, 4) is 0 Å². The van der Waals surface area contributed by atoms with Crippen molar-refractivity contribution in [2.75, 3.05) is 19.6 Å². The molecule has 1 aromatic rings. The van der Waals surface area contributed by atoms with Crippen molar-refractivity contribution < 1.29 is 13.5 Å². The second-order valence-electron chi connectivity index (χ2n) is 5.79. The summed E-state index contributed by atoms with van der Waals surface area (Å²) in [5, 5.41) is 9.25. The third-order valence-corrected chi connectivity index (χ3v) is 5.08. The van der Waals surface area contributed by atoms with Crippen molar-refractivity contribution in [1.82, 2.24) is 9.73 Å². The van der Waals surface area contributed by atoms with Gasteiger partial charge in [-0.05, 0) is 54.9 Å². The number of hydrogen-bond acceptors (Lipinski definition) is 5. The first-order valence-corrected chi connectivity index (χ1v) is 9.85. The quantitative estimate of drug-likeness (QED) is 0.458. The number of rotatable bonds is 12. The molecule has 8 heteroatoms. The highest BCUT2D eigenvalue weighted by Crippen LogP contribution is 2.12. The normalized spacial score (nSPS) is 11.6. The number of nitro groups is 1. The largest absolute Gasteiger partial charge is 0.311 e. The number of nitrogens with one attached hydrogen (secondary N) is 1. The van der Waals surface area contributed by atoms with Crippen LogP contribution in [0.25, 0.3) is 0 Å². The third-order valence-electron chi connectivity index (χ3n) is 3.80. The Morgan fingerprint density at radius 2 is 1.58 bits per heavy atom. The predicted octanol–water partition coefficient (Wildman–Crippen LogP) is 2.60. The van der Waals surface area contributed by atoms with Gasteiger partial charge in [-0.3, -0.25) is 0 Å². The lowest BCUT2D eigenvalue weighted by Gasteiger charge is -2.22. The smallest absolute Gasteiger partial charge is 0.303 e. The van der Waals surface area contributed by atoms with Crippen molar-refractivity contribution in [2.45, 2.75) is 50.8 Å². The van der Waals surface area contributed by atoms with E-state index < -0.39 is 15.1 Å². The lowest BCUT2D eigenvalue weighted by atomic mass is 10.1. The second kappa shape index (κ2) is 10.2. The van der Waals surface area contributed by atoms with Crippen molar-refractivity contribution >= 4 is 10.0 Å². The Bertz CT molecular complexity index is 594. The zero-order valence-corrected chi connectivity index (χ0v) is 15.2. The minimum Gasteiger partial charge on any atom is -0.303 e. The Labute approximate surface area is 144 Å². The Hall–Kier alpha value is -1.67. The maximum atomic E-state index is 11.7. The molecule has 0 aliphatic heterocycles. The summed E-state index contributed by atoms with van der Waals surface area (Å²) in [6.07, 6.45) is 5.51. The summed E-state index contributed by atoms with van der Waals surface area (Å²) in [6.45, 7) is 7.44. The van der Waals surface area contributed by atoms with Gasteiger partial charge in [-0.15, -0.1) is 0 Å². The molecular formula is C16H27N3O4S. The van der Waals surface area contributed by atoms with Crippen LogP contribution in [-0.4, -0.2) is 38.0 Å². The lowest BCUT2D eigenvalue weighted by Crippen LogP contribution is -2.29. The van der Waals surface area contributed by atoms with Crippen LogP contribution < -0.4 is 4.83 Å². The van der Waals surface area contributed by atoms with Gasteiger partial charge in [-0.1, -0.05) is 38.8 Å². The number of hydrazine groups is 1. The highest BCUT2D eigenvalue weighted by molar-refractivity contribution is 7.89. The average molecular weight is 357 g/mol. The lowest BCUT2D eigenvalue weighted by molar-refractivity contribution is -0.518. The van der Waals surface area contributed by atoms with Crippen molar-refractivity contribution in [3.63, 3.8) is 0 Å². The van der Waals surface area contributed by atoms with Gasteiger partial charge < -0.3 is 4.90 Å². The molecule has 7 nitrogen and oxygen atoms in total. The van der Waals surface area contributed by atoms with Crippen LogP contribution in [0.1, 0.15) is 45.1 Å². The van der Waals surface area contributed by atoms with Crippen LogP contribution in [-0.2, 0) is 16.4 Å². The minimum atomic E-state index is -4.09. The van der Waals surface area contributed by atoms with Gasteiger partial charge in [0.1, 0.15) is 0 Å². The number of benzene rings is 1. The first kappa shape index (κ1) is 20.4. The SMILES string of the molecule is CCCCN(CCCC)CCc1ccc(S(=O)(=O)N[N+](=O)[O-])cc1. The summed E-state index contributed by atoms with van der Waals surface area (Å²) < 4.78 is 23.4. The van der Waals surface area contributed by atoms with E-state index >= 15 is 0 Å². The molecule has 0 aliphatic carbocycles. The van der Waals surface area contributed by atoms with Gasteiger partial charge in [0.15, 0.2) is 5.03 Å². The maximum Gasteiger partial charge on any atom is 0.311 e. The summed E-state index contributed by atoms with van der Waals surface area (Å²) >= 11 is 0. The summed E-state index contributed by atoms with van der Waals surface area (Å²) in [6, 6.07) is 6.24. The van der Waals surface area contributed by atoms with E-state index in [0.29, 0.717) is 0 Å². The van der Waals surface area contributed by atoms with E-state index in [4.69, 9.17) is 0 Å². The van der Waals surface area contributed by atoms with Gasteiger partial charge >= 0.3 is 10.0 Å². The van der Waals surface area contributed by atoms with Gasteiger partial charge in [-0.2, -0.15) is 8.42 Å². The van der Waals surface area contributed by atoms with E-state index in [-0.39, 0.29) is 4.90 Å². The fraction of sp³-hybridized carbons (Fsp3) is 0.625. The summed E-state index contributed by atoms with van der Waals surface area (Å²) in [4.78, 5) is 14.0. The predicted molar refractivity (Wildman–Crippen MR) is 93.7 cm³/mol. The number of nitrogens with zero attached hydrogens (tertiary/aromatic N) is 2. The molecule has 0 saturated heterocycles. The first-order chi connectivity index (χ1) is 11.4. The fourth-order valence-electron chi connectivity index (χ4n) is 2.37. The van der Waals surface area contributed by atoms with E-state index in [1.165, 1.54) is 42.6 Å². The molecule has 0 fully saturated rings. The summed E-state index contributed by atoms with van der Waals surface area (Å²) in [7, 11) is -4.09. The second-order valence-corrected chi connectivity index (χ2v) is 7.46. The minimum absolute atomic E-state index is 0.100. The molecule has 0 aliphatic rings. The molecule has 0 radical (unpaired) electrons. The molecule has 136 valence electrons. The van der Waals surface area contributed by atoms with Crippen molar-refractivity contribution in [2.24, 2.45) is 0 Å². The zero-order chi connectivity index (χ0) is 18.0. The van der Waals surface area contributed by atoms with E-state index in [0.717, 1.165) is 31.6 Å². The molecule has 0 unspecified atom stereocenters. The monoisotopic (exact) mass is 357 g/mol. The van der Waals surface area contributed by atoms with Crippen LogP contribution in [0.2, 0.25) is 0 Å². The molecule has 1 N–H and O–H groups in total. The Morgan fingerprint density at radius 3 is 2.04 bits per heavy atom. The average Bonchev–Trinajstić information content (AvgIpc) is 2.53. The molecule has 0 saturated carbocycles. The standard InChI is InChI=1S/C16H27N3O4S/c1-3-5-12-18(13-6-4-2)14-11-15-7-9-16(10-8-15)24(22,23)17-19(20)21/h7-10,17H,3-6,11-14H2,1-2H3. The zero-order valence-electron chi connectivity index (χ0n) is 14.4. The van der Waals surface area contributed by atoms with E-state index in [1.807, 2.05) is 0 Å². The Kier molecular flexibility index (Phi) is 8.70. The third kappa shape index (κ3) is 7.27. The summed E-state index contributed by atoms with van der Waals surface area (Å²) in [5.74, 6) is 0. The highest BCUT2D eigenvalue weighted by atomic mass is 32.2. The number of sulfonamides is 1. The van der Waals surface area contributed by atoms with Crippen LogP contribution in [0, 0.1) is 10.1 Å². The van der Waals surface area contributed by atoms with E-state index in [9.17, 15) is 18.5 Å². The van der Waals surface area contributed by atoms with Crippen LogP contribution in [0.5, 0.6) is 0 Å². The molecule has 0 atom stereocenters. The van der Waals surface area contributed by atoms with Gasteiger partial charge in [0, 0.05) is 6.54 Å². The summed E-state index contributed by atoms with van der Waals surface area (Å²) in [5.41, 5.74) is 1.02. The maximum absolute atomic E-state index is 11.7. The molecule has 0 heterocycles. The van der Waals surface area contributed by atoms with E-state index in [1.54, 1.807) is 12.1 Å². The highest BCUT2D eigenvalue weighted by Gasteiger charge is 2.18. The van der Waals surface area contributed by atoms with Crippen molar-refractivity contribution in [1.29, 1.82) is 0 Å². The number of unbranched alkanes of at least 4 members (excludes halogenated alkanes) is 2. The van der Waals surface area contributed by atoms with Crippen LogP contribution in [0.15, 0.2) is 29.2 Å². The van der Waals surface area contributed by atoms with Crippen molar-refractivity contribution in [3.05, 3.63) is 39.9 Å². The topological polar surface area (TPSA) is 92.6 Å². The van der Waals surface area contributed by atoms with Gasteiger partial charge in [0.25, 0.3) is 0 Å². The molecule has 1 rings (SSSR count). The molecular weight excluding hydrogens is 330 g/mol. The van der Waals surface area contributed by atoms with Gasteiger partial charge in [0.2, 0.25) is 0 Å². The molecule has 1 aromatic carbocycles. The van der Waals surface area contributed by atoms with Crippen LogP contribution in [0.4, 0.5) is 0 Å². The first-order valence-electron chi connectivity index (χ1n) is 8.37. The van der Waals surface area contributed by atoms with Crippen LogP contribution in [0.3, 0.4) is 0 Å². The molecule has 0 amide bonds. The molecule has 0 aromatic heterocycles. The Morgan fingerprint density at radius 1 is 1.04 bits per heavy atom.